The van der Waals surface area contributed by atoms with Gasteiger partial charge in [-0.15, -0.1) is 0 Å². The van der Waals surface area contributed by atoms with Crippen molar-refractivity contribution in [2.45, 2.75) is 17.7 Å². The van der Waals surface area contributed by atoms with E-state index in [1.165, 1.54) is 11.8 Å². The summed E-state index contributed by atoms with van der Waals surface area (Å²) in [6, 6.07) is 14.1. The summed E-state index contributed by atoms with van der Waals surface area (Å²) >= 11 is 14.1. The second kappa shape index (κ2) is 7.71. The third-order valence-corrected chi connectivity index (χ3v) is 8.48. The van der Waals surface area contributed by atoms with Crippen molar-refractivity contribution in [3.8, 4) is 0 Å². The fraction of sp³-hybridized carbons (Fsp3) is 0.263. The van der Waals surface area contributed by atoms with Gasteiger partial charge in [0.25, 0.3) is 5.91 Å². The Labute approximate surface area is 177 Å². The zero-order valence-electron chi connectivity index (χ0n) is 14.6. The fourth-order valence-electron chi connectivity index (χ4n) is 3.46. The Kier molecular flexibility index (Phi) is 5.44. The Balaban J connectivity index is 1.71. The Hall–Kier alpha value is -1.54. The zero-order chi connectivity index (χ0) is 19.9. The molecule has 2 aromatic carbocycles. The number of benzene rings is 2. The van der Waals surface area contributed by atoms with Crippen molar-refractivity contribution >= 4 is 61.6 Å². The number of carbonyl (C=O) groups excluding carboxylic acids is 1. The van der Waals surface area contributed by atoms with Gasteiger partial charge in [-0.05, 0) is 17.7 Å². The smallest absolute Gasteiger partial charge is 0.252 e. The van der Waals surface area contributed by atoms with Gasteiger partial charge in [0.05, 0.1) is 39.7 Å². The van der Waals surface area contributed by atoms with Crippen molar-refractivity contribution in [3.05, 3.63) is 64.1 Å². The number of rotatable bonds is 3. The largest absolute Gasteiger partial charge is 0.313 e. The van der Waals surface area contributed by atoms with Crippen LogP contribution in [-0.4, -0.2) is 42.3 Å². The topological polar surface area (TPSA) is 66.8 Å². The van der Waals surface area contributed by atoms with Crippen LogP contribution in [0.5, 0.6) is 0 Å². The van der Waals surface area contributed by atoms with Crippen LogP contribution in [0.2, 0.25) is 10.0 Å². The zero-order valence-corrected chi connectivity index (χ0v) is 17.7. The number of hydrogen-bond acceptors (Lipinski definition) is 4. The Bertz CT molecular complexity index is 1040. The van der Waals surface area contributed by atoms with E-state index in [1.807, 2.05) is 30.3 Å². The lowest BCUT2D eigenvalue weighted by molar-refractivity contribution is -0.117. The molecule has 2 saturated heterocycles. The van der Waals surface area contributed by atoms with E-state index in [1.54, 1.807) is 23.1 Å². The van der Waals surface area contributed by atoms with Crippen molar-refractivity contribution < 1.29 is 13.2 Å². The molecule has 2 aromatic rings. The number of para-hydroxylation sites is 1. The molecule has 0 radical (unpaired) electrons. The van der Waals surface area contributed by atoms with Gasteiger partial charge in [0.2, 0.25) is 0 Å². The van der Waals surface area contributed by atoms with Gasteiger partial charge < -0.3 is 4.90 Å². The summed E-state index contributed by atoms with van der Waals surface area (Å²) < 4.78 is 24.3. The quantitative estimate of drug-likeness (QED) is 0.704. The van der Waals surface area contributed by atoms with Crippen LogP contribution in [0.3, 0.4) is 0 Å². The van der Waals surface area contributed by atoms with Crippen molar-refractivity contribution in [2.24, 2.45) is 4.99 Å². The van der Waals surface area contributed by atoms with E-state index in [0.717, 1.165) is 5.56 Å². The average molecular weight is 455 g/mol. The van der Waals surface area contributed by atoms with Gasteiger partial charge in [-0.3, -0.25) is 4.79 Å². The Morgan fingerprint density at radius 2 is 1.75 bits per heavy atom. The number of carbonyl (C=O) groups is 1. The third kappa shape index (κ3) is 3.94. The maximum Gasteiger partial charge on any atom is 0.252 e. The van der Waals surface area contributed by atoms with E-state index in [4.69, 9.17) is 23.2 Å². The molecule has 0 aliphatic carbocycles. The minimum atomic E-state index is -3.16. The van der Waals surface area contributed by atoms with Crippen LogP contribution >= 0.6 is 35.0 Å². The molecule has 28 heavy (non-hydrogen) atoms. The van der Waals surface area contributed by atoms with Crippen LogP contribution in [0.15, 0.2) is 53.5 Å². The second-order valence-corrected chi connectivity index (χ2v) is 10.9. The summed E-state index contributed by atoms with van der Waals surface area (Å²) in [5.74, 6) is -0.269. The molecule has 0 bridgehead atoms. The van der Waals surface area contributed by atoms with Gasteiger partial charge >= 0.3 is 0 Å². The Morgan fingerprint density at radius 1 is 1.07 bits per heavy atom. The SMILES string of the molecule is O=C(Cc1ccccc1)N=C1S[C@H]2CS(=O)(=O)C[C@H]2N1c1c(Cl)cccc1Cl. The average Bonchev–Trinajstić information content (AvgIpc) is 3.07. The maximum absolute atomic E-state index is 12.6. The van der Waals surface area contributed by atoms with Crippen molar-refractivity contribution in [1.29, 1.82) is 0 Å². The number of anilines is 1. The van der Waals surface area contributed by atoms with E-state index in [2.05, 4.69) is 4.99 Å². The summed E-state index contributed by atoms with van der Waals surface area (Å²) in [7, 11) is -3.16. The normalized spacial score (nSPS) is 24.5. The van der Waals surface area contributed by atoms with Crippen LogP contribution in [0.25, 0.3) is 0 Å². The minimum Gasteiger partial charge on any atom is -0.313 e. The highest BCUT2D eigenvalue weighted by atomic mass is 35.5. The summed E-state index contributed by atoms with van der Waals surface area (Å²) in [6.45, 7) is 0. The number of aliphatic imine (C=N–C) groups is 1. The molecule has 2 aliphatic rings. The number of thioether (sulfide) groups is 1. The molecule has 2 fully saturated rings. The molecule has 5 nitrogen and oxygen atoms in total. The highest BCUT2D eigenvalue weighted by Crippen LogP contribution is 2.45. The first-order chi connectivity index (χ1) is 13.3. The predicted molar refractivity (Wildman–Crippen MR) is 115 cm³/mol. The highest BCUT2D eigenvalue weighted by Gasteiger charge is 2.50. The standard InChI is InChI=1S/C19H16Cl2N2O3S2/c20-13-7-4-8-14(21)18(13)23-15-10-28(25,26)11-16(15)27-19(23)22-17(24)9-12-5-2-1-3-6-12/h1-8,15-16H,9-11H2/t15-,16+/m1/s1. The van der Waals surface area contributed by atoms with E-state index in [0.29, 0.717) is 20.9 Å². The number of sulfone groups is 1. The molecular weight excluding hydrogens is 439 g/mol. The summed E-state index contributed by atoms with van der Waals surface area (Å²) in [6.07, 6.45) is 0.169. The summed E-state index contributed by atoms with van der Waals surface area (Å²) in [5, 5.41) is 1.02. The van der Waals surface area contributed by atoms with Crippen LogP contribution in [-0.2, 0) is 21.1 Å². The first kappa shape index (κ1) is 19.8. The molecular formula is C19H16Cl2N2O3S2. The van der Waals surface area contributed by atoms with Crippen LogP contribution < -0.4 is 4.90 Å². The van der Waals surface area contributed by atoms with Gasteiger partial charge in [0, 0.05) is 5.25 Å². The summed E-state index contributed by atoms with van der Waals surface area (Å²) in [5.41, 5.74) is 1.36. The van der Waals surface area contributed by atoms with Gasteiger partial charge in [-0.1, -0.05) is 71.4 Å². The van der Waals surface area contributed by atoms with E-state index in [9.17, 15) is 13.2 Å². The van der Waals surface area contributed by atoms with E-state index in [-0.39, 0.29) is 35.1 Å². The number of nitrogens with zero attached hydrogens (tertiary/aromatic N) is 2. The molecule has 0 unspecified atom stereocenters. The van der Waals surface area contributed by atoms with Gasteiger partial charge in [0.15, 0.2) is 15.0 Å². The van der Waals surface area contributed by atoms with Crippen molar-refractivity contribution in [3.63, 3.8) is 0 Å². The number of amides is 1. The first-order valence-electron chi connectivity index (χ1n) is 8.60. The molecule has 1 amide bonds. The number of hydrogen-bond donors (Lipinski definition) is 0. The molecule has 146 valence electrons. The molecule has 0 aromatic heterocycles. The molecule has 0 saturated carbocycles. The van der Waals surface area contributed by atoms with Crippen molar-refractivity contribution in [1.82, 2.24) is 0 Å². The third-order valence-electron chi connectivity index (χ3n) is 4.66. The lowest BCUT2D eigenvalue weighted by Crippen LogP contribution is -2.38. The molecule has 0 N–H and O–H groups in total. The monoisotopic (exact) mass is 454 g/mol. The minimum absolute atomic E-state index is 0.0158. The summed E-state index contributed by atoms with van der Waals surface area (Å²) in [4.78, 5) is 18.6. The van der Waals surface area contributed by atoms with Crippen molar-refractivity contribution in [2.75, 3.05) is 16.4 Å². The van der Waals surface area contributed by atoms with Gasteiger partial charge in [-0.25, -0.2) is 8.42 Å². The maximum atomic E-state index is 12.6. The van der Waals surface area contributed by atoms with Crippen LogP contribution in [0.1, 0.15) is 5.56 Å². The van der Waals surface area contributed by atoms with E-state index < -0.39 is 9.84 Å². The van der Waals surface area contributed by atoms with Gasteiger partial charge in [-0.2, -0.15) is 4.99 Å². The lowest BCUT2D eigenvalue weighted by atomic mass is 10.1. The molecule has 0 spiro atoms. The predicted octanol–water partition coefficient (Wildman–Crippen LogP) is 3.84. The number of amidine groups is 1. The fourth-order valence-corrected chi connectivity index (χ4v) is 7.96. The molecule has 4 rings (SSSR count). The number of fused-ring (bicyclic) bond motifs is 1. The lowest BCUT2D eigenvalue weighted by Gasteiger charge is -2.26. The second-order valence-electron chi connectivity index (χ2n) is 6.69. The van der Waals surface area contributed by atoms with Gasteiger partial charge in [0.1, 0.15) is 0 Å². The molecule has 9 heteroatoms. The molecule has 2 heterocycles. The number of halogens is 2. The Morgan fingerprint density at radius 3 is 2.43 bits per heavy atom. The van der Waals surface area contributed by atoms with Crippen LogP contribution in [0, 0.1) is 0 Å². The van der Waals surface area contributed by atoms with Crippen LogP contribution in [0.4, 0.5) is 5.69 Å². The first-order valence-corrected chi connectivity index (χ1v) is 12.1. The molecule has 2 atom stereocenters. The van der Waals surface area contributed by atoms with E-state index >= 15 is 0 Å². The molecule has 2 aliphatic heterocycles. The highest BCUT2D eigenvalue weighted by molar-refractivity contribution is 8.16.